The van der Waals surface area contributed by atoms with E-state index in [0.29, 0.717) is 10.9 Å². The van der Waals surface area contributed by atoms with Crippen molar-refractivity contribution in [3.63, 3.8) is 0 Å². The Morgan fingerprint density at radius 3 is 2.79 bits per heavy atom. The maximum atomic E-state index is 5.90. The van der Waals surface area contributed by atoms with E-state index in [-0.39, 0.29) is 24.0 Å². The van der Waals surface area contributed by atoms with Crippen molar-refractivity contribution in [1.82, 2.24) is 10.6 Å². The lowest BCUT2D eigenvalue weighted by molar-refractivity contribution is -0.0320. The minimum absolute atomic E-state index is 0. The van der Waals surface area contributed by atoms with E-state index < -0.39 is 0 Å². The summed E-state index contributed by atoms with van der Waals surface area (Å²) in [7, 11) is 0. The van der Waals surface area contributed by atoms with Gasteiger partial charge in [0.15, 0.2) is 5.96 Å². The van der Waals surface area contributed by atoms with Crippen LogP contribution in [0, 0.1) is 0 Å². The second-order valence-corrected chi connectivity index (χ2v) is 8.24. The Labute approximate surface area is 168 Å². The SMILES string of the molecule is CCNC(=NCC1(C)CCCS1)NCCCOC1CCOCC1.I. The van der Waals surface area contributed by atoms with Crippen molar-refractivity contribution in [3.05, 3.63) is 0 Å². The Kier molecular flexibility index (Phi) is 11.7. The zero-order valence-electron chi connectivity index (χ0n) is 15.1. The number of hydrogen-bond donors (Lipinski definition) is 2. The minimum Gasteiger partial charge on any atom is -0.381 e. The summed E-state index contributed by atoms with van der Waals surface area (Å²) in [6.07, 6.45) is 6.07. The predicted octanol–water partition coefficient (Wildman–Crippen LogP) is 3.03. The smallest absolute Gasteiger partial charge is 0.191 e. The van der Waals surface area contributed by atoms with Gasteiger partial charge in [0.1, 0.15) is 0 Å². The molecule has 2 N–H and O–H groups in total. The van der Waals surface area contributed by atoms with Crippen molar-refractivity contribution in [3.8, 4) is 0 Å². The van der Waals surface area contributed by atoms with Gasteiger partial charge in [0.2, 0.25) is 0 Å². The summed E-state index contributed by atoms with van der Waals surface area (Å²) in [5, 5.41) is 6.76. The third kappa shape index (κ3) is 8.58. The van der Waals surface area contributed by atoms with E-state index in [1.165, 1.54) is 18.6 Å². The van der Waals surface area contributed by atoms with Gasteiger partial charge in [0.05, 0.1) is 12.6 Å². The average molecular weight is 471 g/mol. The second kappa shape index (κ2) is 12.6. The van der Waals surface area contributed by atoms with E-state index in [1.54, 1.807) is 0 Å². The van der Waals surface area contributed by atoms with Crippen LogP contribution in [0.4, 0.5) is 0 Å². The molecule has 0 aliphatic carbocycles. The molecule has 2 fully saturated rings. The van der Waals surface area contributed by atoms with Crippen molar-refractivity contribution in [2.24, 2.45) is 4.99 Å². The number of nitrogens with one attached hydrogen (secondary N) is 2. The number of aliphatic imine (C=N–C) groups is 1. The number of nitrogens with zero attached hydrogens (tertiary/aromatic N) is 1. The van der Waals surface area contributed by atoms with Crippen molar-refractivity contribution in [2.45, 2.75) is 56.8 Å². The first-order valence-corrected chi connectivity index (χ1v) is 10.1. The van der Waals surface area contributed by atoms with E-state index in [1.807, 2.05) is 0 Å². The monoisotopic (exact) mass is 471 g/mol. The highest BCUT2D eigenvalue weighted by atomic mass is 127. The van der Waals surface area contributed by atoms with Crippen molar-refractivity contribution < 1.29 is 9.47 Å². The third-order valence-corrected chi connectivity index (χ3v) is 5.87. The van der Waals surface area contributed by atoms with Crippen LogP contribution in [0.3, 0.4) is 0 Å². The summed E-state index contributed by atoms with van der Waals surface area (Å²) in [5.41, 5.74) is 0. The average Bonchev–Trinajstić information content (AvgIpc) is 3.00. The molecule has 2 saturated heterocycles. The summed E-state index contributed by atoms with van der Waals surface area (Å²) in [4.78, 5) is 4.77. The number of ether oxygens (including phenoxy) is 2. The maximum Gasteiger partial charge on any atom is 0.191 e. The summed E-state index contributed by atoms with van der Waals surface area (Å²) in [5.74, 6) is 2.21. The van der Waals surface area contributed by atoms with E-state index in [9.17, 15) is 0 Å². The van der Waals surface area contributed by atoms with E-state index in [4.69, 9.17) is 14.5 Å². The van der Waals surface area contributed by atoms with Gasteiger partial charge in [-0.15, -0.1) is 24.0 Å². The molecule has 7 heteroatoms. The van der Waals surface area contributed by atoms with Gasteiger partial charge < -0.3 is 20.1 Å². The normalized spacial score (nSPS) is 25.3. The molecule has 142 valence electrons. The number of thioether (sulfide) groups is 1. The molecule has 0 aromatic rings. The Morgan fingerprint density at radius 1 is 1.33 bits per heavy atom. The van der Waals surface area contributed by atoms with Crippen molar-refractivity contribution in [2.75, 3.05) is 45.2 Å². The second-order valence-electron chi connectivity index (χ2n) is 6.56. The first-order valence-electron chi connectivity index (χ1n) is 9.07. The molecule has 1 atom stereocenters. The van der Waals surface area contributed by atoms with Crippen LogP contribution in [0.1, 0.15) is 46.0 Å². The molecule has 2 heterocycles. The van der Waals surface area contributed by atoms with Crippen LogP contribution in [0.2, 0.25) is 0 Å². The Balaban J connectivity index is 0.00000288. The number of hydrogen-bond acceptors (Lipinski definition) is 4. The van der Waals surface area contributed by atoms with E-state index >= 15 is 0 Å². The standard InChI is InChI=1S/C17H33N3O2S.HI/c1-3-18-16(20-14-17(2)8-4-13-23-17)19-9-5-10-22-15-6-11-21-12-7-15;/h15H,3-14H2,1-2H3,(H2,18,19,20);1H. The van der Waals surface area contributed by atoms with Gasteiger partial charge in [-0.3, -0.25) is 4.99 Å². The lowest BCUT2D eigenvalue weighted by Gasteiger charge is -2.22. The molecule has 2 rings (SSSR count). The van der Waals surface area contributed by atoms with Gasteiger partial charge in [-0.1, -0.05) is 0 Å². The van der Waals surface area contributed by atoms with E-state index in [2.05, 4.69) is 36.2 Å². The van der Waals surface area contributed by atoms with Crippen molar-refractivity contribution >= 4 is 41.7 Å². The van der Waals surface area contributed by atoms with E-state index in [0.717, 1.165) is 64.7 Å². The molecule has 1 unspecified atom stereocenters. The molecule has 0 saturated carbocycles. The molecule has 0 spiro atoms. The van der Waals surface area contributed by atoms with Crippen LogP contribution >= 0.6 is 35.7 Å². The summed E-state index contributed by atoms with van der Waals surface area (Å²) in [6, 6.07) is 0. The van der Waals surface area contributed by atoms with Gasteiger partial charge in [-0.05, 0) is 51.7 Å². The lowest BCUT2D eigenvalue weighted by atomic mass is 10.1. The van der Waals surface area contributed by atoms with Crippen molar-refractivity contribution in [1.29, 1.82) is 0 Å². The predicted molar refractivity (Wildman–Crippen MR) is 114 cm³/mol. The highest BCUT2D eigenvalue weighted by Crippen LogP contribution is 2.37. The quantitative estimate of drug-likeness (QED) is 0.247. The zero-order valence-corrected chi connectivity index (χ0v) is 18.3. The summed E-state index contributed by atoms with van der Waals surface area (Å²) in [6.45, 7) is 9.63. The first-order chi connectivity index (χ1) is 11.2. The fourth-order valence-electron chi connectivity index (χ4n) is 2.92. The van der Waals surface area contributed by atoms with Crippen LogP contribution in [-0.2, 0) is 9.47 Å². The molecule has 0 amide bonds. The fraction of sp³-hybridized carbons (Fsp3) is 0.941. The molecular weight excluding hydrogens is 437 g/mol. The molecule has 0 aromatic heterocycles. The summed E-state index contributed by atoms with van der Waals surface area (Å²) >= 11 is 2.06. The Hall–Kier alpha value is 0.270. The van der Waals surface area contributed by atoms with Crippen LogP contribution < -0.4 is 10.6 Å². The molecule has 0 bridgehead atoms. The largest absolute Gasteiger partial charge is 0.381 e. The highest BCUT2D eigenvalue weighted by Gasteiger charge is 2.29. The van der Waals surface area contributed by atoms with Gasteiger partial charge in [-0.2, -0.15) is 11.8 Å². The fourth-order valence-corrected chi connectivity index (χ4v) is 4.15. The molecule has 24 heavy (non-hydrogen) atoms. The first kappa shape index (κ1) is 22.3. The number of halogens is 1. The van der Waals surface area contributed by atoms with Crippen LogP contribution in [-0.4, -0.2) is 62.0 Å². The lowest BCUT2D eigenvalue weighted by Crippen LogP contribution is -2.39. The molecule has 2 aliphatic rings. The number of guanidine groups is 1. The molecular formula is C17H34IN3O2S. The maximum absolute atomic E-state index is 5.90. The summed E-state index contributed by atoms with van der Waals surface area (Å²) < 4.78 is 11.6. The third-order valence-electron chi connectivity index (χ3n) is 4.35. The van der Waals surface area contributed by atoms with Gasteiger partial charge in [0, 0.05) is 37.7 Å². The van der Waals surface area contributed by atoms with Gasteiger partial charge in [-0.25, -0.2) is 0 Å². The topological polar surface area (TPSA) is 54.9 Å². The Bertz CT molecular complexity index is 360. The molecule has 5 nitrogen and oxygen atoms in total. The van der Waals surface area contributed by atoms with Crippen LogP contribution in [0.15, 0.2) is 4.99 Å². The molecule has 0 aromatic carbocycles. The van der Waals surface area contributed by atoms with Gasteiger partial charge >= 0.3 is 0 Å². The zero-order chi connectivity index (χ0) is 16.4. The molecule has 0 radical (unpaired) electrons. The highest BCUT2D eigenvalue weighted by molar-refractivity contribution is 14.0. The number of rotatable bonds is 8. The van der Waals surface area contributed by atoms with Gasteiger partial charge in [0.25, 0.3) is 0 Å². The van der Waals surface area contributed by atoms with Crippen LogP contribution in [0.25, 0.3) is 0 Å². The minimum atomic E-state index is 0. The molecule has 2 aliphatic heterocycles. The van der Waals surface area contributed by atoms with Crippen LogP contribution in [0.5, 0.6) is 0 Å². The Morgan fingerprint density at radius 2 is 2.12 bits per heavy atom.